The minimum Gasteiger partial charge on any atom is -0.294 e. The number of Topliss-reactive ketones (excluding diaryl/α,β-unsaturated/α-hetero) is 2. The highest BCUT2D eigenvalue weighted by Gasteiger charge is 2.21. The van der Waals surface area contributed by atoms with Crippen molar-refractivity contribution >= 4 is 33.6 Å². The van der Waals surface area contributed by atoms with Gasteiger partial charge in [0.1, 0.15) is 0 Å². The van der Waals surface area contributed by atoms with Gasteiger partial charge in [0, 0.05) is 33.4 Å². The second-order valence-corrected chi connectivity index (χ2v) is 12.2. The third-order valence-electron chi connectivity index (χ3n) is 8.88. The number of hydrogen-bond donors (Lipinski definition) is 0. The first kappa shape index (κ1) is 30.7. The van der Waals surface area contributed by atoms with Gasteiger partial charge in [-0.3, -0.25) is 9.59 Å². The lowest BCUT2D eigenvalue weighted by Crippen LogP contribution is -2.04. The van der Waals surface area contributed by atoms with Crippen LogP contribution in [-0.2, 0) is 0 Å². The molecular weight excluding hydrogens is 617 g/mol. The van der Waals surface area contributed by atoms with Crippen molar-refractivity contribution in [2.45, 2.75) is 13.8 Å². The fraction of sp³-hybridized carbons (Fsp3) is 0.0455. The molecule has 0 aliphatic rings. The second-order valence-electron chi connectivity index (χ2n) is 12.2. The summed E-state index contributed by atoms with van der Waals surface area (Å²) in [6, 6.07) is 47.1. The van der Waals surface area contributed by atoms with Gasteiger partial charge in [0.2, 0.25) is 0 Å². The van der Waals surface area contributed by atoms with E-state index in [2.05, 4.69) is 30.3 Å². The summed E-state index contributed by atoms with van der Waals surface area (Å²) in [5, 5.41) is 0. The van der Waals surface area contributed by atoms with E-state index in [-0.39, 0.29) is 11.6 Å². The molecule has 8 rings (SSSR count). The number of nitrogens with zero attached hydrogens (tertiary/aromatic N) is 4. The summed E-state index contributed by atoms with van der Waals surface area (Å²) in [7, 11) is 0. The van der Waals surface area contributed by atoms with Crippen molar-refractivity contribution in [2.24, 2.45) is 0 Å². The third kappa shape index (κ3) is 5.63. The predicted molar refractivity (Wildman–Crippen MR) is 200 cm³/mol. The molecule has 6 nitrogen and oxygen atoms in total. The smallest absolute Gasteiger partial charge is 0.160 e. The molecule has 0 fully saturated rings. The number of carbonyl (C=O) groups is 2. The maximum absolute atomic E-state index is 12.8. The van der Waals surface area contributed by atoms with E-state index in [4.69, 9.17) is 19.9 Å². The molecule has 50 heavy (non-hydrogen) atoms. The molecular formula is C44H30N4O2. The molecule has 0 N–H and O–H groups in total. The van der Waals surface area contributed by atoms with Crippen molar-refractivity contribution < 1.29 is 9.59 Å². The fourth-order valence-electron chi connectivity index (χ4n) is 6.43. The molecule has 0 aliphatic carbocycles. The van der Waals surface area contributed by atoms with Crippen molar-refractivity contribution in [1.29, 1.82) is 0 Å². The van der Waals surface area contributed by atoms with Crippen molar-refractivity contribution in [3.05, 3.63) is 157 Å². The molecule has 0 saturated heterocycles. The SMILES string of the molecule is CC(=O)c1ccccc1-c1nc2ccc(-c3ccc4nc(-c5ccccc5)c(-c5ccccc5)nc4c3)cc2nc1-c1ccccc1C(C)=O. The van der Waals surface area contributed by atoms with E-state index in [1.165, 1.54) is 0 Å². The molecule has 0 saturated carbocycles. The molecule has 0 spiro atoms. The van der Waals surface area contributed by atoms with E-state index >= 15 is 0 Å². The Morgan fingerprint density at radius 1 is 0.360 bits per heavy atom. The van der Waals surface area contributed by atoms with Gasteiger partial charge in [-0.2, -0.15) is 0 Å². The first-order valence-corrected chi connectivity index (χ1v) is 16.4. The van der Waals surface area contributed by atoms with Crippen LogP contribution in [0.5, 0.6) is 0 Å². The summed E-state index contributed by atoms with van der Waals surface area (Å²) < 4.78 is 0. The van der Waals surface area contributed by atoms with Crippen LogP contribution in [0.4, 0.5) is 0 Å². The van der Waals surface area contributed by atoms with Gasteiger partial charge in [0.25, 0.3) is 0 Å². The van der Waals surface area contributed by atoms with Crippen molar-refractivity contribution in [2.75, 3.05) is 0 Å². The van der Waals surface area contributed by atoms with Crippen LogP contribution in [0.3, 0.4) is 0 Å². The number of fused-ring (bicyclic) bond motifs is 2. The molecule has 0 atom stereocenters. The third-order valence-corrected chi connectivity index (χ3v) is 8.88. The Kier molecular flexibility index (Phi) is 7.82. The van der Waals surface area contributed by atoms with Gasteiger partial charge in [-0.05, 0) is 49.2 Å². The van der Waals surface area contributed by atoms with Crippen LogP contribution in [-0.4, -0.2) is 31.5 Å². The molecule has 6 aromatic carbocycles. The maximum atomic E-state index is 12.8. The quantitative estimate of drug-likeness (QED) is 0.160. The van der Waals surface area contributed by atoms with Crippen LogP contribution < -0.4 is 0 Å². The number of ketones is 2. The monoisotopic (exact) mass is 646 g/mol. The summed E-state index contributed by atoms with van der Waals surface area (Å²) in [4.78, 5) is 46.0. The van der Waals surface area contributed by atoms with Gasteiger partial charge >= 0.3 is 0 Å². The van der Waals surface area contributed by atoms with Crippen molar-refractivity contribution in [3.8, 4) is 56.2 Å². The summed E-state index contributed by atoms with van der Waals surface area (Å²) in [6.45, 7) is 3.09. The molecule has 0 aliphatic heterocycles. The fourth-order valence-corrected chi connectivity index (χ4v) is 6.43. The number of aromatic nitrogens is 4. The molecule has 0 radical (unpaired) electrons. The second kappa shape index (κ2) is 12.7. The molecule has 238 valence electrons. The van der Waals surface area contributed by atoms with Crippen LogP contribution >= 0.6 is 0 Å². The van der Waals surface area contributed by atoms with Crippen LogP contribution in [0.25, 0.3) is 78.2 Å². The van der Waals surface area contributed by atoms with E-state index in [9.17, 15) is 9.59 Å². The Bertz CT molecular complexity index is 2600. The minimum absolute atomic E-state index is 0.0747. The molecule has 0 unspecified atom stereocenters. The maximum Gasteiger partial charge on any atom is 0.160 e. The zero-order chi connectivity index (χ0) is 34.2. The number of benzene rings is 6. The summed E-state index contributed by atoms with van der Waals surface area (Å²) in [6.07, 6.45) is 0. The first-order chi connectivity index (χ1) is 24.4. The number of hydrogen-bond acceptors (Lipinski definition) is 6. The molecule has 2 aromatic heterocycles. The largest absolute Gasteiger partial charge is 0.294 e. The van der Waals surface area contributed by atoms with Gasteiger partial charge in [-0.25, -0.2) is 19.9 Å². The summed E-state index contributed by atoms with van der Waals surface area (Å²) in [5.74, 6) is -0.154. The van der Waals surface area contributed by atoms with Crippen LogP contribution in [0.2, 0.25) is 0 Å². The average molecular weight is 647 g/mol. The van der Waals surface area contributed by atoms with E-state index in [1.54, 1.807) is 26.0 Å². The minimum atomic E-state index is -0.0791. The van der Waals surface area contributed by atoms with Gasteiger partial charge in [0.05, 0.1) is 44.8 Å². The standard InChI is InChI=1S/C44H30N4O2/c1-27(49)33-17-9-11-19-35(33)43-44(36-20-12-10-18-34(36)28(2)50)48-40-26-32(22-24-38(40)46-43)31-21-23-37-39(25-31)47-42(30-15-7-4-8-16-30)41(45-37)29-13-5-3-6-14-29/h3-26H,1-2H3. The number of rotatable bonds is 7. The van der Waals surface area contributed by atoms with Crippen molar-refractivity contribution in [1.82, 2.24) is 19.9 Å². The molecule has 2 heterocycles. The van der Waals surface area contributed by atoms with E-state index in [0.717, 1.165) is 44.7 Å². The molecule has 8 aromatic rings. The number of carbonyl (C=O) groups excluding carboxylic acids is 2. The zero-order valence-electron chi connectivity index (χ0n) is 27.5. The van der Waals surface area contributed by atoms with Gasteiger partial charge in [-0.15, -0.1) is 0 Å². The van der Waals surface area contributed by atoms with E-state index < -0.39 is 0 Å². The Hall–Kier alpha value is -6.66. The van der Waals surface area contributed by atoms with Crippen LogP contribution in [0.1, 0.15) is 34.6 Å². The van der Waals surface area contributed by atoms with Crippen molar-refractivity contribution in [3.63, 3.8) is 0 Å². The van der Waals surface area contributed by atoms with Gasteiger partial charge in [-0.1, -0.05) is 121 Å². The first-order valence-electron chi connectivity index (χ1n) is 16.4. The van der Waals surface area contributed by atoms with Crippen LogP contribution in [0, 0.1) is 0 Å². The highest BCUT2D eigenvalue weighted by atomic mass is 16.1. The molecule has 0 bridgehead atoms. The molecule has 6 heteroatoms. The predicted octanol–water partition coefficient (Wildman–Crippen LogP) is 10.3. The van der Waals surface area contributed by atoms with E-state index in [1.807, 2.05) is 103 Å². The normalized spacial score (nSPS) is 11.2. The topological polar surface area (TPSA) is 85.7 Å². The lowest BCUT2D eigenvalue weighted by molar-refractivity contribution is 0.100. The van der Waals surface area contributed by atoms with Gasteiger partial charge in [0.15, 0.2) is 11.6 Å². The Morgan fingerprint density at radius 2 is 0.720 bits per heavy atom. The zero-order valence-corrected chi connectivity index (χ0v) is 27.5. The van der Waals surface area contributed by atoms with Crippen LogP contribution in [0.15, 0.2) is 146 Å². The van der Waals surface area contributed by atoms with E-state index in [0.29, 0.717) is 44.7 Å². The average Bonchev–Trinajstić information content (AvgIpc) is 3.17. The highest BCUT2D eigenvalue weighted by Crippen LogP contribution is 2.37. The lowest BCUT2D eigenvalue weighted by atomic mass is 9.94. The summed E-state index contributed by atoms with van der Waals surface area (Å²) in [5.41, 5.74) is 12.0. The Labute approximate surface area is 289 Å². The summed E-state index contributed by atoms with van der Waals surface area (Å²) >= 11 is 0. The molecule has 0 amide bonds. The van der Waals surface area contributed by atoms with Gasteiger partial charge < -0.3 is 0 Å². The Balaban J connectivity index is 1.30. The lowest BCUT2D eigenvalue weighted by Gasteiger charge is -2.15. The Morgan fingerprint density at radius 3 is 1.16 bits per heavy atom. The highest BCUT2D eigenvalue weighted by molar-refractivity contribution is 6.05.